The van der Waals surface area contributed by atoms with Gasteiger partial charge in [-0.1, -0.05) is 18.2 Å². The van der Waals surface area contributed by atoms with Gasteiger partial charge in [0.25, 0.3) is 0 Å². The van der Waals surface area contributed by atoms with Gasteiger partial charge in [0, 0.05) is 30.0 Å². The fourth-order valence-electron chi connectivity index (χ4n) is 3.45. The Hall–Kier alpha value is -3.16. The second-order valence-corrected chi connectivity index (χ2v) is 6.42. The molecule has 134 valence electrons. The van der Waals surface area contributed by atoms with Crippen LogP contribution < -0.4 is 10.6 Å². The van der Waals surface area contributed by atoms with E-state index in [9.17, 15) is 4.79 Å². The Morgan fingerprint density at radius 2 is 2.08 bits per heavy atom. The maximum absolute atomic E-state index is 13.1. The van der Waals surface area contributed by atoms with Crippen molar-refractivity contribution in [2.75, 3.05) is 10.6 Å². The molecule has 2 N–H and O–H groups in total. The first-order valence-electron chi connectivity index (χ1n) is 8.71. The van der Waals surface area contributed by atoms with Gasteiger partial charge in [0.05, 0.1) is 18.2 Å². The molecule has 1 aliphatic heterocycles. The van der Waals surface area contributed by atoms with Crippen LogP contribution >= 0.6 is 0 Å². The Kier molecular flexibility index (Phi) is 4.16. The van der Waals surface area contributed by atoms with E-state index in [-0.39, 0.29) is 23.9 Å². The van der Waals surface area contributed by atoms with Crippen molar-refractivity contribution in [1.82, 2.24) is 24.5 Å². The highest BCUT2D eigenvalue weighted by Gasteiger charge is 2.41. The van der Waals surface area contributed by atoms with Gasteiger partial charge in [-0.15, -0.1) is 0 Å². The fraction of sp³-hybridized carbons (Fsp3) is 0.333. The number of para-hydroxylation sites is 1. The maximum Gasteiger partial charge on any atom is 0.232 e. The van der Waals surface area contributed by atoms with Gasteiger partial charge < -0.3 is 10.6 Å². The minimum Gasteiger partial charge on any atom is -0.351 e. The number of hydrogen-bond acceptors (Lipinski definition) is 5. The molecule has 1 aromatic carbocycles. The molecule has 0 fully saturated rings. The molecule has 8 heteroatoms. The van der Waals surface area contributed by atoms with Crippen LogP contribution in [0.25, 0.3) is 0 Å². The van der Waals surface area contributed by atoms with Gasteiger partial charge in [-0.3, -0.25) is 9.48 Å². The minimum atomic E-state index is -0.362. The van der Waals surface area contributed by atoms with Crippen LogP contribution in [-0.2, 0) is 11.3 Å². The maximum atomic E-state index is 13.1. The third-order valence-electron chi connectivity index (χ3n) is 4.73. The van der Waals surface area contributed by atoms with Crippen molar-refractivity contribution in [3.8, 4) is 0 Å². The van der Waals surface area contributed by atoms with Crippen LogP contribution in [0, 0.1) is 5.92 Å². The molecule has 3 heterocycles. The number of benzene rings is 1. The molecule has 8 nitrogen and oxygen atoms in total. The molecule has 2 aromatic heterocycles. The summed E-state index contributed by atoms with van der Waals surface area (Å²) in [5.74, 6) is 0.237. The fourth-order valence-corrected chi connectivity index (χ4v) is 3.45. The highest BCUT2D eigenvalue weighted by Crippen LogP contribution is 2.36. The summed E-state index contributed by atoms with van der Waals surface area (Å²) in [5.41, 5.74) is 1.72. The number of carbonyl (C=O) groups excluding carboxylic acids is 1. The van der Waals surface area contributed by atoms with Gasteiger partial charge in [-0.05, 0) is 26.0 Å². The van der Waals surface area contributed by atoms with Crippen LogP contribution in [0.1, 0.15) is 25.5 Å². The molecule has 0 bridgehead atoms. The number of aromatic nitrogens is 5. The largest absolute Gasteiger partial charge is 0.351 e. The van der Waals surface area contributed by atoms with E-state index in [1.807, 2.05) is 55.1 Å². The normalized spacial score (nSPS) is 21.7. The number of rotatable bonds is 4. The SMILES string of the molecule is CCn1cc([C@@H]2[C@H](C(=O)Nc3ccccc3)[C@@H](C)Nc3ncnn32)cn1. The molecule has 0 saturated heterocycles. The first kappa shape index (κ1) is 16.3. The van der Waals surface area contributed by atoms with Crippen LogP contribution in [0.5, 0.6) is 0 Å². The van der Waals surface area contributed by atoms with Crippen molar-refractivity contribution < 1.29 is 4.79 Å². The van der Waals surface area contributed by atoms with E-state index < -0.39 is 0 Å². The summed E-state index contributed by atoms with van der Waals surface area (Å²) in [6.07, 6.45) is 5.28. The third kappa shape index (κ3) is 2.83. The summed E-state index contributed by atoms with van der Waals surface area (Å²) in [4.78, 5) is 17.4. The lowest BCUT2D eigenvalue weighted by molar-refractivity contribution is -0.121. The van der Waals surface area contributed by atoms with Crippen molar-refractivity contribution in [1.29, 1.82) is 0 Å². The van der Waals surface area contributed by atoms with Crippen LogP contribution in [0.3, 0.4) is 0 Å². The van der Waals surface area contributed by atoms with E-state index in [0.29, 0.717) is 5.95 Å². The van der Waals surface area contributed by atoms with E-state index in [2.05, 4.69) is 25.8 Å². The zero-order valence-electron chi connectivity index (χ0n) is 14.7. The monoisotopic (exact) mass is 351 g/mol. The lowest BCUT2D eigenvalue weighted by atomic mass is 9.86. The lowest BCUT2D eigenvalue weighted by Crippen LogP contribution is -2.46. The van der Waals surface area contributed by atoms with E-state index >= 15 is 0 Å². The number of carbonyl (C=O) groups is 1. The molecule has 0 unspecified atom stereocenters. The summed E-state index contributed by atoms with van der Waals surface area (Å²) in [5, 5.41) is 15.0. The molecule has 0 saturated carbocycles. The lowest BCUT2D eigenvalue weighted by Gasteiger charge is -2.36. The van der Waals surface area contributed by atoms with Crippen LogP contribution in [0.15, 0.2) is 49.1 Å². The second kappa shape index (κ2) is 6.62. The Morgan fingerprint density at radius 1 is 1.27 bits per heavy atom. The summed E-state index contributed by atoms with van der Waals surface area (Å²) in [7, 11) is 0. The first-order chi connectivity index (χ1) is 12.7. The van der Waals surface area contributed by atoms with E-state index in [1.165, 1.54) is 6.33 Å². The first-order valence-corrected chi connectivity index (χ1v) is 8.71. The molecule has 0 spiro atoms. The van der Waals surface area contributed by atoms with E-state index in [4.69, 9.17) is 0 Å². The van der Waals surface area contributed by atoms with Crippen LogP contribution in [-0.4, -0.2) is 36.5 Å². The quantitative estimate of drug-likeness (QED) is 0.752. The van der Waals surface area contributed by atoms with Crippen molar-refractivity contribution in [2.45, 2.75) is 32.5 Å². The molecule has 3 aromatic rings. The van der Waals surface area contributed by atoms with E-state index in [0.717, 1.165) is 17.8 Å². The van der Waals surface area contributed by atoms with Gasteiger partial charge in [-0.25, -0.2) is 4.68 Å². The van der Waals surface area contributed by atoms with Crippen molar-refractivity contribution in [3.05, 3.63) is 54.6 Å². The number of aryl methyl sites for hydroxylation is 1. The zero-order chi connectivity index (χ0) is 18.1. The number of amides is 1. The average molecular weight is 351 g/mol. The number of hydrogen-bond donors (Lipinski definition) is 2. The Labute approximate surface area is 151 Å². The van der Waals surface area contributed by atoms with Crippen molar-refractivity contribution in [3.63, 3.8) is 0 Å². The molecular weight excluding hydrogens is 330 g/mol. The molecular formula is C18H21N7O. The Bertz CT molecular complexity index is 901. The molecule has 0 aliphatic carbocycles. The van der Waals surface area contributed by atoms with Crippen LogP contribution in [0.2, 0.25) is 0 Å². The smallest absolute Gasteiger partial charge is 0.232 e. The molecule has 4 rings (SSSR count). The topological polar surface area (TPSA) is 89.7 Å². The van der Waals surface area contributed by atoms with E-state index in [1.54, 1.807) is 10.9 Å². The highest BCUT2D eigenvalue weighted by molar-refractivity contribution is 5.94. The van der Waals surface area contributed by atoms with Crippen molar-refractivity contribution >= 4 is 17.5 Å². The molecule has 0 radical (unpaired) electrons. The number of fused-ring (bicyclic) bond motifs is 1. The van der Waals surface area contributed by atoms with Crippen LogP contribution in [0.4, 0.5) is 11.6 Å². The molecule has 26 heavy (non-hydrogen) atoms. The summed E-state index contributed by atoms with van der Waals surface area (Å²) in [6, 6.07) is 9.10. The summed E-state index contributed by atoms with van der Waals surface area (Å²) >= 11 is 0. The third-order valence-corrected chi connectivity index (χ3v) is 4.73. The van der Waals surface area contributed by atoms with Gasteiger partial charge in [-0.2, -0.15) is 15.2 Å². The average Bonchev–Trinajstić information content (AvgIpc) is 3.30. The number of nitrogens with one attached hydrogen (secondary N) is 2. The van der Waals surface area contributed by atoms with Gasteiger partial charge >= 0.3 is 0 Å². The standard InChI is InChI=1S/C18H21N7O/c1-3-24-10-13(9-20-24)16-15(12(2)22-18-19-11-21-25(16)18)17(26)23-14-7-5-4-6-8-14/h4-12,15-16H,3H2,1-2H3,(H,23,26)(H,19,21,22)/t12-,15-,16-/m1/s1. The molecule has 3 atom stereocenters. The summed E-state index contributed by atoms with van der Waals surface area (Å²) < 4.78 is 3.62. The Morgan fingerprint density at radius 3 is 2.81 bits per heavy atom. The van der Waals surface area contributed by atoms with Gasteiger partial charge in [0.1, 0.15) is 6.33 Å². The van der Waals surface area contributed by atoms with Gasteiger partial charge in [0.2, 0.25) is 11.9 Å². The number of nitrogens with zero attached hydrogens (tertiary/aromatic N) is 5. The highest BCUT2D eigenvalue weighted by atomic mass is 16.2. The number of anilines is 2. The predicted octanol–water partition coefficient (Wildman–Crippen LogP) is 2.15. The summed E-state index contributed by atoms with van der Waals surface area (Å²) in [6.45, 7) is 4.79. The minimum absolute atomic E-state index is 0.0633. The second-order valence-electron chi connectivity index (χ2n) is 6.42. The Balaban J connectivity index is 1.71. The van der Waals surface area contributed by atoms with Gasteiger partial charge in [0.15, 0.2) is 0 Å². The molecule has 1 amide bonds. The van der Waals surface area contributed by atoms with Crippen molar-refractivity contribution in [2.24, 2.45) is 5.92 Å². The molecule has 1 aliphatic rings. The zero-order valence-corrected chi connectivity index (χ0v) is 14.7. The predicted molar refractivity (Wildman–Crippen MR) is 97.7 cm³/mol.